The van der Waals surface area contributed by atoms with Crippen LogP contribution in [-0.2, 0) is 11.3 Å². The van der Waals surface area contributed by atoms with E-state index in [-0.39, 0.29) is 18.7 Å². The molecule has 0 fully saturated rings. The summed E-state index contributed by atoms with van der Waals surface area (Å²) in [6, 6.07) is 1.40. The van der Waals surface area contributed by atoms with E-state index in [0.717, 1.165) is 0 Å². The van der Waals surface area contributed by atoms with Crippen LogP contribution in [0.1, 0.15) is 16.9 Å². The molecular formula is C8H11N3O4. The average Bonchev–Trinajstić information content (AvgIpc) is 2.50. The van der Waals surface area contributed by atoms with E-state index >= 15 is 0 Å². The minimum Gasteiger partial charge on any atom is -0.481 e. The molecule has 0 aliphatic carbocycles. The van der Waals surface area contributed by atoms with Crippen molar-refractivity contribution in [1.82, 2.24) is 9.78 Å². The lowest BCUT2D eigenvalue weighted by molar-refractivity contribution is -0.139. The lowest BCUT2D eigenvalue weighted by Gasteiger charge is -2.07. The van der Waals surface area contributed by atoms with E-state index in [1.54, 1.807) is 0 Å². The minimum absolute atomic E-state index is 0.0135. The number of nitrogens with two attached hydrogens (primary N) is 1. The Kier molecular flexibility index (Phi) is 3.40. The van der Waals surface area contributed by atoms with Gasteiger partial charge in [-0.05, 0) is 6.07 Å². The molecule has 15 heavy (non-hydrogen) atoms. The lowest BCUT2D eigenvalue weighted by Crippen LogP contribution is -2.20. The summed E-state index contributed by atoms with van der Waals surface area (Å²) in [5.74, 6) is -1.76. The van der Waals surface area contributed by atoms with Crippen molar-refractivity contribution >= 4 is 11.9 Å². The highest BCUT2D eigenvalue weighted by Gasteiger charge is 2.11. The number of aliphatic hydroxyl groups is 1. The first-order chi connectivity index (χ1) is 6.99. The molecule has 1 rings (SSSR count). The highest BCUT2D eigenvalue weighted by Crippen LogP contribution is 1.99. The Morgan fingerprint density at radius 3 is 2.73 bits per heavy atom. The Bertz CT molecular complexity index is 374. The number of carbonyl (C=O) groups is 2. The van der Waals surface area contributed by atoms with Crippen molar-refractivity contribution in [2.24, 2.45) is 5.73 Å². The maximum atomic E-state index is 10.7. The number of amides is 1. The number of carbonyl (C=O) groups excluding carboxylic acids is 1. The first kappa shape index (κ1) is 11.2. The molecule has 1 atom stereocenters. The van der Waals surface area contributed by atoms with Crippen molar-refractivity contribution in [3.05, 3.63) is 18.0 Å². The second kappa shape index (κ2) is 4.56. The summed E-state index contributed by atoms with van der Waals surface area (Å²) >= 11 is 0. The molecule has 1 aromatic rings. The van der Waals surface area contributed by atoms with Crippen molar-refractivity contribution in [2.45, 2.75) is 19.1 Å². The van der Waals surface area contributed by atoms with Gasteiger partial charge < -0.3 is 15.9 Å². The monoisotopic (exact) mass is 213 g/mol. The quantitative estimate of drug-likeness (QED) is 0.568. The summed E-state index contributed by atoms with van der Waals surface area (Å²) in [6.45, 7) is 0.0135. The Balaban J connectivity index is 2.57. The van der Waals surface area contributed by atoms with Gasteiger partial charge in [0, 0.05) is 6.20 Å². The van der Waals surface area contributed by atoms with Crippen LogP contribution in [0.5, 0.6) is 0 Å². The van der Waals surface area contributed by atoms with Gasteiger partial charge in [-0.3, -0.25) is 14.3 Å². The zero-order valence-corrected chi connectivity index (χ0v) is 7.83. The number of nitrogens with zero attached hydrogens (tertiary/aromatic N) is 2. The molecule has 0 aliphatic rings. The minimum atomic E-state index is -1.09. The molecule has 1 heterocycles. The second-order valence-electron chi connectivity index (χ2n) is 3.04. The van der Waals surface area contributed by atoms with E-state index in [4.69, 9.17) is 10.8 Å². The number of aromatic nitrogens is 2. The van der Waals surface area contributed by atoms with Crippen LogP contribution in [0.4, 0.5) is 0 Å². The van der Waals surface area contributed by atoms with Crippen LogP contribution in [0.25, 0.3) is 0 Å². The molecule has 1 amide bonds. The van der Waals surface area contributed by atoms with E-state index in [1.165, 1.54) is 16.9 Å². The van der Waals surface area contributed by atoms with E-state index in [1.807, 2.05) is 0 Å². The van der Waals surface area contributed by atoms with Crippen LogP contribution < -0.4 is 5.73 Å². The van der Waals surface area contributed by atoms with E-state index in [9.17, 15) is 14.7 Å². The van der Waals surface area contributed by atoms with Crippen molar-refractivity contribution in [2.75, 3.05) is 0 Å². The molecule has 0 aromatic carbocycles. The van der Waals surface area contributed by atoms with Crippen molar-refractivity contribution in [3.8, 4) is 0 Å². The van der Waals surface area contributed by atoms with E-state index < -0.39 is 18.0 Å². The van der Waals surface area contributed by atoms with Gasteiger partial charge in [0.2, 0.25) is 0 Å². The SMILES string of the molecule is NC(=O)c1ccn(CC(O)CC(=O)O)n1. The third-order valence-corrected chi connectivity index (χ3v) is 1.70. The fraction of sp³-hybridized carbons (Fsp3) is 0.375. The number of hydrogen-bond donors (Lipinski definition) is 3. The number of carboxylic acid groups (broad SMARTS) is 1. The van der Waals surface area contributed by atoms with Crippen molar-refractivity contribution < 1.29 is 19.8 Å². The van der Waals surface area contributed by atoms with Crippen LogP contribution in [0.3, 0.4) is 0 Å². The Labute approximate surface area is 85.1 Å². The number of carboxylic acids is 1. The molecule has 1 aromatic heterocycles. The summed E-state index contributed by atoms with van der Waals surface area (Å²) in [7, 11) is 0. The number of hydrogen-bond acceptors (Lipinski definition) is 4. The highest BCUT2D eigenvalue weighted by atomic mass is 16.4. The molecule has 0 radical (unpaired) electrons. The first-order valence-corrected chi connectivity index (χ1v) is 4.22. The van der Waals surface area contributed by atoms with Gasteiger partial charge >= 0.3 is 5.97 Å². The molecule has 0 bridgehead atoms. The molecule has 4 N–H and O–H groups in total. The predicted octanol–water partition coefficient (Wildman–Crippen LogP) is -1.18. The van der Waals surface area contributed by atoms with Gasteiger partial charge in [0.1, 0.15) is 5.69 Å². The molecule has 82 valence electrons. The van der Waals surface area contributed by atoms with Gasteiger partial charge in [0.05, 0.1) is 19.1 Å². The van der Waals surface area contributed by atoms with Gasteiger partial charge in [0.15, 0.2) is 0 Å². The Morgan fingerprint density at radius 1 is 1.60 bits per heavy atom. The molecule has 0 saturated heterocycles. The number of primary amides is 1. The maximum absolute atomic E-state index is 10.7. The fourth-order valence-electron chi connectivity index (χ4n) is 1.08. The number of rotatable bonds is 5. The summed E-state index contributed by atoms with van der Waals surface area (Å²) < 4.78 is 1.27. The number of aliphatic hydroxyl groups excluding tert-OH is 1. The van der Waals surface area contributed by atoms with Gasteiger partial charge in [-0.15, -0.1) is 0 Å². The topological polar surface area (TPSA) is 118 Å². The summed E-state index contributed by atoms with van der Waals surface area (Å²) in [6.07, 6.45) is 0.0415. The smallest absolute Gasteiger partial charge is 0.306 e. The fourth-order valence-corrected chi connectivity index (χ4v) is 1.08. The van der Waals surface area contributed by atoms with Crippen LogP contribution in [0.2, 0.25) is 0 Å². The molecule has 7 nitrogen and oxygen atoms in total. The van der Waals surface area contributed by atoms with Crippen LogP contribution in [-0.4, -0.2) is 38.0 Å². The molecular weight excluding hydrogens is 202 g/mol. The molecule has 7 heteroatoms. The summed E-state index contributed by atoms with van der Waals surface area (Å²) in [5, 5.41) is 21.4. The number of aliphatic carboxylic acids is 1. The summed E-state index contributed by atoms with van der Waals surface area (Å²) in [4.78, 5) is 20.9. The molecule has 0 spiro atoms. The zero-order chi connectivity index (χ0) is 11.4. The maximum Gasteiger partial charge on any atom is 0.306 e. The largest absolute Gasteiger partial charge is 0.481 e. The van der Waals surface area contributed by atoms with Gasteiger partial charge in [-0.2, -0.15) is 5.10 Å². The molecule has 0 saturated carbocycles. The standard InChI is InChI=1S/C8H11N3O4/c9-8(15)6-1-2-11(10-6)4-5(12)3-7(13)14/h1-2,5,12H,3-4H2,(H2,9,15)(H,13,14). The Morgan fingerprint density at radius 2 is 2.27 bits per heavy atom. The van der Waals surface area contributed by atoms with E-state index in [0.29, 0.717) is 0 Å². The summed E-state index contributed by atoms with van der Waals surface area (Å²) in [5.41, 5.74) is 5.05. The zero-order valence-electron chi connectivity index (χ0n) is 7.83. The lowest BCUT2D eigenvalue weighted by atomic mass is 10.2. The normalized spacial score (nSPS) is 12.3. The van der Waals surface area contributed by atoms with Crippen LogP contribution >= 0.6 is 0 Å². The first-order valence-electron chi connectivity index (χ1n) is 4.22. The third kappa shape index (κ3) is 3.39. The molecule has 0 aliphatic heterocycles. The van der Waals surface area contributed by atoms with Crippen molar-refractivity contribution in [3.63, 3.8) is 0 Å². The van der Waals surface area contributed by atoms with Crippen LogP contribution in [0.15, 0.2) is 12.3 Å². The van der Waals surface area contributed by atoms with Gasteiger partial charge in [-0.25, -0.2) is 0 Å². The van der Waals surface area contributed by atoms with Gasteiger partial charge in [-0.1, -0.05) is 0 Å². The van der Waals surface area contributed by atoms with Gasteiger partial charge in [0.25, 0.3) is 5.91 Å². The average molecular weight is 213 g/mol. The molecule has 1 unspecified atom stereocenters. The van der Waals surface area contributed by atoms with Crippen LogP contribution in [0, 0.1) is 0 Å². The predicted molar refractivity (Wildman–Crippen MR) is 49.0 cm³/mol. The van der Waals surface area contributed by atoms with Crippen molar-refractivity contribution in [1.29, 1.82) is 0 Å². The Hall–Kier alpha value is -1.89. The van der Waals surface area contributed by atoms with E-state index in [2.05, 4.69) is 5.10 Å². The second-order valence-corrected chi connectivity index (χ2v) is 3.04. The third-order valence-electron chi connectivity index (χ3n) is 1.70. The highest BCUT2D eigenvalue weighted by molar-refractivity contribution is 5.90.